The SMILES string of the molecule is CCOC(=O)c1c(-c2ccc(C)cc2)csc1NC(=O)C(CC)Sc1cccc(NC(=O)/C(=C\c2cccc3ccccc23)NC(=O)c2ccccc2)c1. The Morgan fingerprint density at radius 1 is 0.815 bits per heavy atom. The van der Waals surface area contributed by atoms with Crippen LogP contribution >= 0.6 is 23.1 Å². The van der Waals surface area contributed by atoms with Crippen molar-refractivity contribution in [2.24, 2.45) is 0 Å². The van der Waals surface area contributed by atoms with Gasteiger partial charge in [-0.15, -0.1) is 23.1 Å². The summed E-state index contributed by atoms with van der Waals surface area (Å²) in [4.78, 5) is 54.7. The van der Waals surface area contributed by atoms with Crippen molar-refractivity contribution < 1.29 is 23.9 Å². The fourth-order valence-electron chi connectivity index (χ4n) is 5.80. The molecule has 1 aromatic heterocycles. The number of anilines is 2. The zero-order chi connectivity index (χ0) is 38.0. The lowest BCUT2D eigenvalue weighted by molar-refractivity contribution is -0.116. The maximum absolute atomic E-state index is 13.9. The van der Waals surface area contributed by atoms with Gasteiger partial charge in [0.2, 0.25) is 5.91 Å². The van der Waals surface area contributed by atoms with Gasteiger partial charge in [0.25, 0.3) is 11.8 Å². The Labute approximate surface area is 322 Å². The highest BCUT2D eigenvalue weighted by atomic mass is 32.2. The van der Waals surface area contributed by atoms with Crippen molar-refractivity contribution in [3.05, 3.63) is 155 Å². The van der Waals surface area contributed by atoms with Gasteiger partial charge in [0.1, 0.15) is 16.3 Å². The van der Waals surface area contributed by atoms with Crippen LogP contribution in [0.15, 0.2) is 137 Å². The number of fused-ring (bicyclic) bond motifs is 1. The van der Waals surface area contributed by atoms with E-state index in [1.54, 1.807) is 55.5 Å². The molecule has 0 bridgehead atoms. The highest BCUT2D eigenvalue weighted by molar-refractivity contribution is 8.00. The third kappa shape index (κ3) is 9.14. The Hall–Kier alpha value is -5.97. The number of aryl methyl sites for hydroxylation is 1. The molecular formula is C44H39N3O5S2. The molecular weight excluding hydrogens is 715 g/mol. The van der Waals surface area contributed by atoms with Gasteiger partial charge in [0.05, 0.1) is 11.9 Å². The summed E-state index contributed by atoms with van der Waals surface area (Å²) in [7, 11) is 0. The molecule has 0 spiro atoms. The second-order valence-electron chi connectivity index (χ2n) is 12.4. The van der Waals surface area contributed by atoms with E-state index in [2.05, 4.69) is 16.0 Å². The molecule has 54 heavy (non-hydrogen) atoms. The van der Waals surface area contributed by atoms with Gasteiger partial charge in [-0.3, -0.25) is 14.4 Å². The van der Waals surface area contributed by atoms with E-state index < -0.39 is 23.0 Å². The quantitative estimate of drug-likeness (QED) is 0.0615. The van der Waals surface area contributed by atoms with Gasteiger partial charge in [-0.05, 0) is 78.6 Å². The van der Waals surface area contributed by atoms with Gasteiger partial charge in [0.15, 0.2) is 0 Å². The first-order chi connectivity index (χ1) is 26.2. The third-order valence-electron chi connectivity index (χ3n) is 8.56. The Morgan fingerprint density at radius 3 is 2.30 bits per heavy atom. The van der Waals surface area contributed by atoms with Gasteiger partial charge in [-0.2, -0.15) is 0 Å². The highest BCUT2D eigenvalue weighted by Crippen LogP contribution is 2.37. The fraction of sp³-hybridized carbons (Fsp3) is 0.136. The van der Waals surface area contributed by atoms with E-state index in [-0.39, 0.29) is 18.2 Å². The summed E-state index contributed by atoms with van der Waals surface area (Å²) in [6, 6.07) is 37.4. The van der Waals surface area contributed by atoms with Crippen LogP contribution in [0.25, 0.3) is 28.0 Å². The summed E-state index contributed by atoms with van der Waals surface area (Å²) in [5.74, 6) is -1.68. The van der Waals surface area contributed by atoms with Crippen LogP contribution in [-0.4, -0.2) is 35.5 Å². The number of hydrogen-bond acceptors (Lipinski definition) is 7. The normalized spacial score (nSPS) is 11.8. The van der Waals surface area contributed by atoms with Crippen LogP contribution in [0.2, 0.25) is 0 Å². The molecule has 0 radical (unpaired) electrons. The van der Waals surface area contributed by atoms with Crippen LogP contribution in [0.4, 0.5) is 10.7 Å². The number of carbonyl (C=O) groups excluding carboxylic acids is 4. The van der Waals surface area contributed by atoms with Crippen LogP contribution < -0.4 is 16.0 Å². The van der Waals surface area contributed by atoms with Gasteiger partial charge in [0, 0.05) is 27.1 Å². The maximum Gasteiger partial charge on any atom is 0.341 e. The molecule has 0 saturated heterocycles. The largest absolute Gasteiger partial charge is 0.462 e. The monoisotopic (exact) mass is 753 g/mol. The van der Waals surface area contributed by atoms with E-state index >= 15 is 0 Å². The third-order valence-corrected chi connectivity index (χ3v) is 10.8. The Morgan fingerprint density at radius 2 is 1.54 bits per heavy atom. The number of thioether (sulfide) groups is 1. The van der Waals surface area contributed by atoms with E-state index in [0.29, 0.717) is 33.8 Å². The molecule has 8 nitrogen and oxygen atoms in total. The molecule has 0 aliphatic rings. The lowest BCUT2D eigenvalue weighted by atomic mass is 10.0. The number of rotatable bonds is 13. The van der Waals surface area contributed by atoms with Crippen molar-refractivity contribution >= 4 is 74.3 Å². The minimum atomic E-state index is -0.511. The zero-order valence-corrected chi connectivity index (χ0v) is 31.7. The molecule has 0 fully saturated rings. The smallest absolute Gasteiger partial charge is 0.341 e. The standard InChI is InChI=1S/C44H39N3O5S2/c1-4-38(42(50)47-43-39(44(51)52-5-2)36(27-53-43)30-23-21-28(3)22-24-30)54-34-19-12-18-33(26-34)45-41(49)37(46-40(48)31-14-7-6-8-15-31)25-32-17-11-16-29-13-9-10-20-35(29)32/h6-27,38H,4-5H2,1-3H3,(H,45,49)(H,46,48)(H,47,50)/b37-25+. The lowest BCUT2D eigenvalue weighted by Gasteiger charge is -2.16. The van der Waals surface area contributed by atoms with Crippen molar-refractivity contribution in [3.8, 4) is 11.1 Å². The number of carbonyl (C=O) groups is 4. The Kier molecular flexibility index (Phi) is 12.4. The number of esters is 1. The molecule has 1 atom stereocenters. The predicted molar refractivity (Wildman–Crippen MR) is 220 cm³/mol. The number of thiophene rings is 1. The summed E-state index contributed by atoms with van der Waals surface area (Å²) in [5, 5.41) is 12.5. The van der Waals surface area contributed by atoms with Crippen LogP contribution in [0.3, 0.4) is 0 Å². The van der Waals surface area contributed by atoms with Crippen LogP contribution in [0, 0.1) is 6.92 Å². The van der Waals surface area contributed by atoms with Gasteiger partial charge in [-0.1, -0.05) is 103 Å². The number of hydrogen-bond donors (Lipinski definition) is 3. The first-order valence-corrected chi connectivity index (χ1v) is 19.3. The molecule has 6 aromatic rings. The Balaban J connectivity index is 1.21. The fourth-order valence-corrected chi connectivity index (χ4v) is 7.77. The molecule has 5 aromatic carbocycles. The number of benzene rings is 5. The molecule has 0 saturated carbocycles. The summed E-state index contributed by atoms with van der Waals surface area (Å²) < 4.78 is 5.38. The highest BCUT2D eigenvalue weighted by Gasteiger charge is 2.26. The van der Waals surface area contributed by atoms with Gasteiger partial charge < -0.3 is 20.7 Å². The molecule has 3 amide bonds. The first-order valence-electron chi connectivity index (χ1n) is 17.5. The molecule has 272 valence electrons. The molecule has 6 rings (SSSR count). The molecule has 1 heterocycles. The minimum absolute atomic E-state index is 0.0717. The number of ether oxygens (including phenoxy) is 1. The predicted octanol–water partition coefficient (Wildman–Crippen LogP) is 9.97. The van der Waals surface area contributed by atoms with E-state index in [9.17, 15) is 19.2 Å². The second kappa shape index (κ2) is 17.7. The zero-order valence-electron chi connectivity index (χ0n) is 30.1. The number of nitrogens with one attached hydrogen (secondary N) is 3. The second-order valence-corrected chi connectivity index (χ2v) is 14.5. The van der Waals surface area contributed by atoms with E-state index in [4.69, 9.17) is 4.74 Å². The minimum Gasteiger partial charge on any atom is -0.462 e. The van der Waals surface area contributed by atoms with E-state index in [1.165, 1.54) is 23.1 Å². The van der Waals surface area contributed by atoms with Crippen LogP contribution in [-0.2, 0) is 14.3 Å². The topological polar surface area (TPSA) is 114 Å². The van der Waals surface area contributed by atoms with Gasteiger partial charge >= 0.3 is 5.97 Å². The van der Waals surface area contributed by atoms with Crippen molar-refractivity contribution in [2.75, 3.05) is 17.2 Å². The summed E-state index contributed by atoms with van der Waals surface area (Å²) >= 11 is 2.63. The van der Waals surface area contributed by atoms with Crippen molar-refractivity contribution in [3.63, 3.8) is 0 Å². The van der Waals surface area contributed by atoms with Gasteiger partial charge in [-0.25, -0.2) is 4.79 Å². The first kappa shape index (κ1) is 37.8. The van der Waals surface area contributed by atoms with Crippen LogP contribution in [0.1, 0.15) is 52.1 Å². The average molecular weight is 754 g/mol. The van der Waals surface area contributed by atoms with E-state index in [0.717, 1.165) is 32.4 Å². The van der Waals surface area contributed by atoms with E-state index in [1.807, 2.05) is 98.1 Å². The molecule has 10 heteroatoms. The van der Waals surface area contributed by atoms with Crippen molar-refractivity contribution in [2.45, 2.75) is 37.3 Å². The number of amides is 3. The maximum atomic E-state index is 13.9. The average Bonchev–Trinajstić information content (AvgIpc) is 3.61. The molecule has 0 aliphatic heterocycles. The summed E-state index contributed by atoms with van der Waals surface area (Å²) in [5.41, 5.74) is 4.73. The molecule has 3 N–H and O–H groups in total. The Bertz CT molecular complexity index is 2330. The van der Waals surface area contributed by atoms with Crippen molar-refractivity contribution in [1.82, 2.24) is 5.32 Å². The summed E-state index contributed by atoms with van der Waals surface area (Å²) in [6.07, 6.45) is 2.18. The summed E-state index contributed by atoms with van der Waals surface area (Å²) in [6.45, 7) is 5.86. The lowest BCUT2D eigenvalue weighted by Crippen LogP contribution is -2.30. The van der Waals surface area contributed by atoms with Crippen molar-refractivity contribution in [1.29, 1.82) is 0 Å². The molecule has 1 unspecified atom stereocenters. The van der Waals surface area contributed by atoms with Crippen LogP contribution in [0.5, 0.6) is 0 Å². The molecule has 0 aliphatic carbocycles.